The lowest BCUT2D eigenvalue weighted by molar-refractivity contribution is -0.133. The van der Waals surface area contributed by atoms with E-state index in [1.165, 1.54) is 11.3 Å². The number of para-hydroxylation sites is 1. The third kappa shape index (κ3) is 2.94. The standard InChI is InChI=1S/C15H21N3O2/c19-15(17-7-9-20-10-8-17)12-18-6-5-16-11-13-3-1-2-4-14(13)18/h1-4,16H,5-12H2. The molecule has 0 atom stereocenters. The van der Waals surface area contributed by atoms with Gasteiger partial charge in [0.15, 0.2) is 0 Å². The van der Waals surface area contributed by atoms with Gasteiger partial charge in [0.2, 0.25) is 5.91 Å². The number of ether oxygens (including phenoxy) is 1. The van der Waals surface area contributed by atoms with E-state index >= 15 is 0 Å². The van der Waals surface area contributed by atoms with Crippen molar-refractivity contribution in [1.29, 1.82) is 0 Å². The van der Waals surface area contributed by atoms with Crippen molar-refractivity contribution in [2.45, 2.75) is 6.54 Å². The van der Waals surface area contributed by atoms with E-state index in [9.17, 15) is 4.79 Å². The fourth-order valence-corrected chi connectivity index (χ4v) is 2.77. The van der Waals surface area contributed by atoms with E-state index in [1.807, 2.05) is 17.0 Å². The van der Waals surface area contributed by atoms with Gasteiger partial charge in [-0.1, -0.05) is 18.2 Å². The monoisotopic (exact) mass is 275 g/mol. The Kier molecular flexibility index (Phi) is 4.18. The summed E-state index contributed by atoms with van der Waals surface area (Å²) in [6, 6.07) is 8.32. The molecule has 1 amide bonds. The zero-order valence-electron chi connectivity index (χ0n) is 11.7. The number of fused-ring (bicyclic) bond motifs is 1. The number of amides is 1. The fraction of sp³-hybridized carbons (Fsp3) is 0.533. The van der Waals surface area contributed by atoms with Crippen LogP contribution in [0.4, 0.5) is 5.69 Å². The van der Waals surface area contributed by atoms with E-state index in [0.717, 1.165) is 19.6 Å². The normalized spacial score (nSPS) is 19.4. The Morgan fingerprint density at radius 2 is 2.00 bits per heavy atom. The fourth-order valence-electron chi connectivity index (χ4n) is 2.77. The first kappa shape index (κ1) is 13.4. The number of nitrogens with zero attached hydrogens (tertiary/aromatic N) is 2. The SMILES string of the molecule is O=C(CN1CCNCc2ccccc21)N1CCOCC1. The van der Waals surface area contributed by atoms with Gasteiger partial charge >= 0.3 is 0 Å². The van der Waals surface area contributed by atoms with Crippen molar-refractivity contribution in [1.82, 2.24) is 10.2 Å². The number of carbonyl (C=O) groups is 1. The smallest absolute Gasteiger partial charge is 0.242 e. The molecule has 0 unspecified atom stereocenters. The third-order valence-corrected chi connectivity index (χ3v) is 3.90. The summed E-state index contributed by atoms with van der Waals surface area (Å²) in [7, 11) is 0. The molecule has 2 heterocycles. The molecule has 2 aliphatic heterocycles. The number of rotatable bonds is 2. The van der Waals surface area contributed by atoms with Gasteiger partial charge in [-0.3, -0.25) is 4.79 Å². The van der Waals surface area contributed by atoms with Crippen LogP contribution in [0, 0.1) is 0 Å². The van der Waals surface area contributed by atoms with E-state index in [1.54, 1.807) is 0 Å². The maximum atomic E-state index is 12.4. The molecule has 5 nitrogen and oxygen atoms in total. The van der Waals surface area contributed by atoms with E-state index < -0.39 is 0 Å². The molecular formula is C15H21N3O2. The van der Waals surface area contributed by atoms with E-state index in [0.29, 0.717) is 32.8 Å². The van der Waals surface area contributed by atoms with Crippen molar-refractivity contribution in [3.8, 4) is 0 Å². The van der Waals surface area contributed by atoms with Crippen molar-refractivity contribution in [2.75, 3.05) is 50.8 Å². The molecule has 0 spiro atoms. The second-order valence-corrected chi connectivity index (χ2v) is 5.22. The lowest BCUT2D eigenvalue weighted by Crippen LogP contribution is -2.46. The van der Waals surface area contributed by atoms with Crippen molar-refractivity contribution >= 4 is 11.6 Å². The van der Waals surface area contributed by atoms with Crippen LogP contribution in [-0.4, -0.2) is 56.7 Å². The second-order valence-electron chi connectivity index (χ2n) is 5.22. The van der Waals surface area contributed by atoms with Crippen LogP contribution in [0.5, 0.6) is 0 Å². The van der Waals surface area contributed by atoms with Crippen LogP contribution < -0.4 is 10.2 Å². The molecule has 0 bridgehead atoms. The number of hydrogen-bond donors (Lipinski definition) is 1. The van der Waals surface area contributed by atoms with Gasteiger partial charge in [0.25, 0.3) is 0 Å². The van der Waals surface area contributed by atoms with Gasteiger partial charge in [-0.2, -0.15) is 0 Å². The van der Waals surface area contributed by atoms with Crippen LogP contribution >= 0.6 is 0 Å². The van der Waals surface area contributed by atoms with Gasteiger partial charge < -0.3 is 19.9 Å². The zero-order valence-corrected chi connectivity index (χ0v) is 11.7. The Morgan fingerprint density at radius 3 is 2.85 bits per heavy atom. The second kappa shape index (κ2) is 6.24. The minimum Gasteiger partial charge on any atom is -0.378 e. The summed E-state index contributed by atoms with van der Waals surface area (Å²) in [6.45, 7) is 5.85. The summed E-state index contributed by atoms with van der Waals surface area (Å²) in [4.78, 5) is 16.5. The molecule has 3 rings (SSSR count). The highest BCUT2D eigenvalue weighted by Gasteiger charge is 2.22. The zero-order chi connectivity index (χ0) is 13.8. The molecular weight excluding hydrogens is 254 g/mol. The van der Waals surface area contributed by atoms with Crippen LogP contribution in [0.2, 0.25) is 0 Å². The van der Waals surface area contributed by atoms with Gasteiger partial charge in [0.05, 0.1) is 19.8 Å². The maximum absolute atomic E-state index is 12.4. The maximum Gasteiger partial charge on any atom is 0.242 e. The lowest BCUT2D eigenvalue weighted by Gasteiger charge is -2.31. The predicted octanol–water partition coefficient (Wildman–Crippen LogP) is 0.455. The number of anilines is 1. The molecule has 5 heteroatoms. The first-order chi connectivity index (χ1) is 9.84. The average molecular weight is 275 g/mol. The minimum absolute atomic E-state index is 0.199. The first-order valence-electron chi connectivity index (χ1n) is 7.24. The highest BCUT2D eigenvalue weighted by molar-refractivity contribution is 5.82. The number of morpholine rings is 1. The summed E-state index contributed by atoms with van der Waals surface area (Å²) in [6.07, 6.45) is 0. The molecule has 0 aliphatic carbocycles. The van der Waals surface area contributed by atoms with Crippen molar-refractivity contribution in [2.24, 2.45) is 0 Å². The number of nitrogens with one attached hydrogen (secondary N) is 1. The molecule has 0 radical (unpaired) electrons. The molecule has 2 aliphatic rings. The Balaban J connectivity index is 1.71. The van der Waals surface area contributed by atoms with Gasteiger partial charge in [0, 0.05) is 38.4 Å². The van der Waals surface area contributed by atoms with Crippen LogP contribution in [0.3, 0.4) is 0 Å². The molecule has 1 N–H and O–H groups in total. The van der Waals surface area contributed by atoms with E-state index in [2.05, 4.69) is 22.3 Å². The molecule has 1 aromatic carbocycles. The Bertz CT molecular complexity index is 472. The van der Waals surface area contributed by atoms with Crippen LogP contribution in [-0.2, 0) is 16.1 Å². The molecule has 1 saturated heterocycles. The van der Waals surface area contributed by atoms with E-state index in [4.69, 9.17) is 4.74 Å². The minimum atomic E-state index is 0.199. The van der Waals surface area contributed by atoms with Crippen molar-refractivity contribution in [3.63, 3.8) is 0 Å². The predicted molar refractivity (Wildman–Crippen MR) is 77.8 cm³/mol. The summed E-state index contributed by atoms with van der Waals surface area (Å²) < 4.78 is 5.30. The van der Waals surface area contributed by atoms with Crippen LogP contribution in [0.15, 0.2) is 24.3 Å². The highest BCUT2D eigenvalue weighted by Crippen LogP contribution is 2.22. The third-order valence-electron chi connectivity index (χ3n) is 3.90. The van der Waals surface area contributed by atoms with E-state index in [-0.39, 0.29) is 5.91 Å². The molecule has 20 heavy (non-hydrogen) atoms. The average Bonchev–Trinajstić information content (AvgIpc) is 2.71. The number of hydrogen-bond acceptors (Lipinski definition) is 4. The van der Waals surface area contributed by atoms with Gasteiger partial charge in [-0.15, -0.1) is 0 Å². The van der Waals surface area contributed by atoms with Gasteiger partial charge in [0.1, 0.15) is 0 Å². The van der Waals surface area contributed by atoms with Crippen LogP contribution in [0.25, 0.3) is 0 Å². The van der Waals surface area contributed by atoms with Crippen LogP contribution in [0.1, 0.15) is 5.56 Å². The number of benzene rings is 1. The topological polar surface area (TPSA) is 44.8 Å². The Labute approximate surface area is 119 Å². The molecule has 108 valence electrons. The van der Waals surface area contributed by atoms with Crippen molar-refractivity contribution < 1.29 is 9.53 Å². The van der Waals surface area contributed by atoms with Crippen molar-refractivity contribution in [3.05, 3.63) is 29.8 Å². The lowest BCUT2D eigenvalue weighted by atomic mass is 10.1. The van der Waals surface area contributed by atoms with Gasteiger partial charge in [-0.25, -0.2) is 0 Å². The summed E-state index contributed by atoms with van der Waals surface area (Å²) in [5.41, 5.74) is 2.44. The van der Waals surface area contributed by atoms with Gasteiger partial charge in [-0.05, 0) is 11.6 Å². The highest BCUT2D eigenvalue weighted by atomic mass is 16.5. The summed E-state index contributed by atoms with van der Waals surface area (Å²) >= 11 is 0. The Hall–Kier alpha value is -1.59. The quantitative estimate of drug-likeness (QED) is 0.851. The molecule has 0 aromatic heterocycles. The number of carbonyl (C=O) groups excluding carboxylic acids is 1. The molecule has 0 saturated carbocycles. The largest absolute Gasteiger partial charge is 0.378 e. The molecule has 1 aromatic rings. The summed E-state index contributed by atoms with van der Waals surface area (Å²) in [5, 5.41) is 3.40. The summed E-state index contributed by atoms with van der Waals surface area (Å²) in [5.74, 6) is 0.199. The first-order valence-corrected chi connectivity index (χ1v) is 7.24. The molecule has 1 fully saturated rings. The Morgan fingerprint density at radius 1 is 1.20 bits per heavy atom.